The van der Waals surface area contributed by atoms with Crippen LogP contribution in [0.1, 0.15) is 0 Å². The number of nitrogens with one attached hydrogen (secondary N) is 1. The van der Waals surface area contributed by atoms with Gasteiger partial charge in [0.25, 0.3) is 0 Å². The van der Waals surface area contributed by atoms with Gasteiger partial charge in [-0.3, -0.25) is 0 Å². The van der Waals surface area contributed by atoms with Gasteiger partial charge in [0.1, 0.15) is 11.6 Å². The molecule has 2 rings (SSSR count). The molecule has 1 N–H and O–H groups in total. The first-order valence-electron chi connectivity index (χ1n) is 4.59. The van der Waals surface area contributed by atoms with Gasteiger partial charge < -0.3 is 5.32 Å². The predicted octanol–water partition coefficient (Wildman–Crippen LogP) is 4.01. The number of anilines is 2. The number of benzene rings is 1. The van der Waals surface area contributed by atoms with Crippen LogP contribution in [0.3, 0.4) is 0 Å². The molecule has 0 spiro atoms. The number of aromatic nitrogens is 1. The summed E-state index contributed by atoms with van der Waals surface area (Å²) in [5.41, 5.74) is 0.374. The second kappa shape index (κ2) is 4.75. The van der Waals surface area contributed by atoms with E-state index in [9.17, 15) is 13.2 Å². The van der Waals surface area contributed by atoms with Crippen molar-refractivity contribution >= 4 is 27.3 Å². The molecule has 0 fully saturated rings. The zero-order valence-electron chi connectivity index (χ0n) is 8.35. The Balaban J connectivity index is 2.33. The standard InChI is InChI=1S/C11H6BrF3N2/c12-7-4-10(9(14)5-8(7)13)17-6-1-2-16-11(15)3-6/h1-5H,(H,16,17). The molecule has 17 heavy (non-hydrogen) atoms. The largest absolute Gasteiger partial charge is 0.353 e. The third kappa shape index (κ3) is 2.76. The molecule has 2 nitrogen and oxygen atoms in total. The number of nitrogens with zero attached hydrogens (tertiary/aromatic N) is 1. The van der Waals surface area contributed by atoms with E-state index in [2.05, 4.69) is 26.2 Å². The Kier molecular flexibility index (Phi) is 3.33. The monoisotopic (exact) mass is 302 g/mol. The fourth-order valence-corrected chi connectivity index (χ4v) is 1.60. The zero-order chi connectivity index (χ0) is 12.4. The molecule has 2 aromatic rings. The number of hydrogen-bond donors (Lipinski definition) is 1. The molecule has 0 atom stereocenters. The molecule has 0 aliphatic carbocycles. The predicted molar refractivity (Wildman–Crippen MR) is 61.5 cm³/mol. The minimum Gasteiger partial charge on any atom is -0.353 e. The molecular formula is C11H6BrF3N2. The van der Waals surface area contributed by atoms with Crippen LogP contribution in [-0.4, -0.2) is 4.98 Å². The smallest absolute Gasteiger partial charge is 0.214 e. The van der Waals surface area contributed by atoms with E-state index in [1.807, 2.05) is 0 Å². The summed E-state index contributed by atoms with van der Waals surface area (Å²) < 4.78 is 39.3. The second-order valence-corrected chi connectivity index (χ2v) is 4.09. The Labute approximate surface area is 104 Å². The lowest BCUT2D eigenvalue weighted by atomic mass is 10.3. The zero-order valence-corrected chi connectivity index (χ0v) is 9.93. The summed E-state index contributed by atoms with van der Waals surface area (Å²) in [5.74, 6) is -2.14. The second-order valence-electron chi connectivity index (χ2n) is 3.24. The third-order valence-corrected chi connectivity index (χ3v) is 2.62. The molecule has 1 aromatic heterocycles. The topological polar surface area (TPSA) is 24.9 Å². The highest BCUT2D eigenvalue weighted by Crippen LogP contribution is 2.26. The van der Waals surface area contributed by atoms with Gasteiger partial charge in [0.2, 0.25) is 5.95 Å². The summed E-state index contributed by atoms with van der Waals surface area (Å²) in [6.45, 7) is 0. The number of pyridine rings is 1. The Morgan fingerprint density at radius 1 is 1.06 bits per heavy atom. The van der Waals surface area contributed by atoms with Crippen molar-refractivity contribution in [2.75, 3.05) is 5.32 Å². The maximum Gasteiger partial charge on any atom is 0.214 e. The summed E-state index contributed by atoms with van der Waals surface area (Å²) in [5, 5.41) is 2.63. The summed E-state index contributed by atoms with van der Waals surface area (Å²) in [6.07, 6.45) is 1.24. The number of rotatable bonds is 2. The average Bonchev–Trinajstić information content (AvgIpc) is 2.26. The fourth-order valence-electron chi connectivity index (χ4n) is 1.25. The van der Waals surface area contributed by atoms with E-state index in [0.29, 0.717) is 5.69 Å². The molecule has 1 aromatic carbocycles. The molecule has 0 amide bonds. The van der Waals surface area contributed by atoms with Gasteiger partial charge in [0.05, 0.1) is 10.2 Å². The van der Waals surface area contributed by atoms with E-state index in [0.717, 1.165) is 12.1 Å². The van der Waals surface area contributed by atoms with Gasteiger partial charge in [0.15, 0.2) is 0 Å². The normalized spacial score (nSPS) is 10.4. The number of halogens is 4. The van der Waals surface area contributed by atoms with Crippen molar-refractivity contribution in [1.29, 1.82) is 0 Å². The van der Waals surface area contributed by atoms with Gasteiger partial charge in [-0.25, -0.2) is 13.8 Å². The van der Waals surface area contributed by atoms with Gasteiger partial charge in [0, 0.05) is 24.0 Å². The highest BCUT2D eigenvalue weighted by Gasteiger charge is 2.08. The highest BCUT2D eigenvalue weighted by atomic mass is 79.9. The molecule has 0 aliphatic rings. The molecule has 0 radical (unpaired) electrons. The van der Waals surface area contributed by atoms with E-state index in [4.69, 9.17) is 0 Å². The van der Waals surface area contributed by atoms with Crippen LogP contribution in [0, 0.1) is 17.6 Å². The van der Waals surface area contributed by atoms with Gasteiger partial charge in [-0.1, -0.05) is 0 Å². The summed E-state index contributed by atoms with van der Waals surface area (Å²) in [6, 6.07) is 4.56. The average molecular weight is 303 g/mol. The van der Waals surface area contributed by atoms with Crippen molar-refractivity contribution in [3.8, 4) is 0 Å². The maximum absolute atomic E-state index is 13.4. The Hall–Kier alpha value is -1.56. The molecule has 0 unspecified atom stereocenters. The van der Waals surface area contributed by atoms with Crippen molar-refractivity contribution < 1.29 is 13.2 Å². The van der Waals surface area contributed by atoms with Crippen LogP contribution in [0.15, 0.2) is 34.9 Å². The lowest BCUT2D eigenvalue weighted by Crippen LogP contribution is -1.96. The minimum atomic E-state index is -0.761. The van der Waals surface area contributed by atoms with Crippen molar-refractivity contribution in [2.45, 2.75) is 0 Å². The maximum atomic E-state index is 13.4. The molecule has 0 bridgehead atoms. The number of hydrogen-bond acceptors (Lipinski definition) is 2. The first kappa shape index (κ1) is 11.9. The van der Waals surface area contributed by atoms with Crippen LogP contribution >= 0.6 is 15.9 Å². The van der Waals surface area contributed by atoms with E-state index >= 15 is 0 Å². The van der Waals surface area contributed by atoms with Gasteiger partial charge >= 0.3 is 0 Å². The quantitative estimate of drug-likeness (QED) is 0.670. The van der Waals surface area contributed by atoms with E-state index in [1.54, 1.807) is 0 Å². The van der Waals surface area contributed by atoms with Gasteiger partial charge in [-0.05, 0) is 28.1 Å². The van der Waals surface area contributed by atoms with E-state index < -0.39 is 17.6 Å². The first-order valence-corrected chi connectivity index (χ1v) is 5.38. The molecule has 0 saturated carbocycles. The first-order chi connectivity index (χ1) is 8.06. The highest BCUT2D eigenvalue weighted by molar-refractivity contribution is 9.10. The van der Waals surface area contributed by atoms with Gasteiger partial charge in [-0.2, -0.15) is 4.39 Å². The van der Waals surface area contributed by atoms with Crippen molar-refractivity contribution in [3.05, 3.63) is 52.5 Å². The Morgan fingerprint density at radius 3 is 2.53 bits per heavy atom. The van der Waals surface area contributed by atoms with E-state index in [1.165, 1.54) is 18.3 Å². The van der Waals surface area contributed by atoms with Crippen LogP contribution in [-0.2, 0) is 0 Å². The summed E-state index contributed by atoms with van der Waals surface area (Å²) in [4.78, 5) is 3.37. The molecule has 1 heterocycles. The summed E-state index contributed by atoms with van der Waals surface area (Å²) in [7, 11) is 0. The van der Waals surface area contributed by atoms with Gasteiger partial charge in [-0.15, -0.1) is 0 Å². The van der Waals surface area contributed by atoms with Crippen molar-refractivity contribution in [2.24, 2.45) is 0 Å². The van der Waals surface area contributed by atoms with Crippen LogP contribution < -0.4 is 5.32 Å². The molecular weight excluding hydrogens is 297 g/mol. The SMILES string of the molecule is Fc1cc(Nc2cc(Br)c(F)cc2F)ccn1. The molecule has 6 heteroatoms. The lowest BCUT2D eigenvalue weighted by Gasteiger charge is -2.08. The van der Waals surface area contributed by atoms with E-state index in [-0.39, 0.29) is 10.2 Å². The van der Waals surface area contributed by atoms with Crippen molar-refractivity contribution in [3.63, 3.8) is 0 Å². The Bertz CT molecular complexity index is 560. The summed E-state index contributed by atoms with van der Waals surface area (Å²) >= 11 is 2.94. The molecule has 0 aliphatic heterocycles. The minimum absolute atomic E-state index is 0.0453. The molecule has 88 valence electrons. The van der Waals surface area contributed by atoms with Crippen LogP contribution in [0.25, 0.3) is 0 Å². The Morgan fingerprint density at radius 2 is 1.82 bits per heavy atom. The van der Waals surface area contributed by atoms with Crippen LogP contribution in [0.2, 0.25) is 0 Å². The van der Waals surface area contributed by atoms with Crippen LogP contribution in [0.5, 0.6) is 0 Å². The van der Waals surface area contributed by atoms with Crippen LogP contribution in [0.4, 0.5) is 24.5 Å². The van der Waals surface area contributed by atoms with Crippen molar-refractivity contribution in [1.82, 2.24) is 4.98 Å². The molecule has 0 saturated heterocycles. The fraction of sp³-hybridized carbons (Fsp3) is 0. The lowest BCUT2D eigenvalue weighted by molar-refractivity contribution is 0.580. The third-order valence-electron chi connectivity index (χ3n) is 2.02.